The fraction of sp³-hybridized carbons (Fsp3) is 0.0164. The molecule has 0 atom stereocenters. The van der Waals surface area contributed by atoms with Crippen molar-refractivity contribution in [2.24, 2.45) is 0 Å². The summed E-state index contributed by atoms with van der Waals surface area (Å²) in [6, 6.07) is 85.6. The van der Waals surface area contributed by atoms with Gasteiger partial charge in [-0.3, -0.25) is 0 Å². The molecule has 0 unspecified atom stereocenters. The lowest BCUT2D eigenvalue weighted by Gasteiger charge is -1.88. The van der Waals surface area contributed by atoms with Gasteiger partial charge in [0.2, 0.25) is 0 Å². The average molecular weight is 937 g/mol. The van der Waals surface area contributed by atoms with Gasteiger partial charge < -0.3 is 0 Å². The fourth-order valence-electron chi connectivity index (χ4n) is 8.37. The van der Waals surface area contributed by atoms with Crippen molar-refractivity contribution in [2.45, 2.75) is 7.43 Å². The second kappa shape index (κ2) is 19.8. The molecule has 0 radical (unpaired) electrons. The first kappa shape index (κ1) is 43.2. The molecule has 5 heteroatoms. The molecule has 15 rings (SSSR count). The highest BCUT2D eigenvalue weighted by Crippen LogP contribution is 2.37. The third-order valence-electron chi connectivity index (χ3n) is 11.4. The van der Waals surface area contributed by atoms with Crippen LogP contribution in [0, 0.1) is 0 Å². The van der Waals surface area contributed by atoms with E-state index in [4.69, 9.17) is 0 Å². The zero-order valence-corrected chi connectivity index (χ0v) is 39.2. The molecule has 0 fully saturated rings. The summed E-state index contributed by atoms with van der Waals surface area (Å²) in [6.45, 7) is 0. The van der Waals surface area contributed by atoms with Crippen LogP contribution in [0.5, 0.6) is 0 Å². The summed E-state index contributed by atoms with van der Waals surface area (Å²) in [6.07, 6.45) is 0. The van der Waals surface area contributed by atoms with Crippen LogP contribution in [-0.4, -0.2) is 0 Å². The van der Waals surface area contributed by atoms with Crippen LogP contribution in [0.2, 0.25) is 0 Å². The molecule has 5 heterocycles. The Balaban J connectivity index is 0.0000000965. The molecule has 0 amide bonds. The molecular formula is C61H44S5. The fourth-order valence-corrected chi connectivity index (χ4v) is 13.9. The summed E-state index contributed by atoms with van der Waals surface area (Å²) < 4.78 is 13.8. The summed E-state index contributed by atoms with van der Waals surface area (Å²) in [5, 5.41) is 13.8. The Morgan fingerprint density at radius 1 is 0.136 bits per heavy atom. The van der Waals surface area contributed by atoms with E-state index in [0.717, 1.165) is 0 Å². The maximum absolute atomic E-state index is 2.19. The third kappa shape index (κ3) is 8.84. The lowest BCUT2D eigenvalue weighted by molar-refractivity contribution is 1.84. The zero-order chi connectivity index (χ0) is 43.4. The first-order valence-electron chi connectivity index (χ1n) is 21.6. The van der Waals surface area contributed by atoms with Gasteiger partial charge in [-0.25, -0.2) is 0 Å². The van der Waals surface area contributed by atoms with E-state index >= 15 is 0 Å². The van der Waals surface area contributed by atoms with Gasteiger partial charge in [0.1, 0.15) is 0 Å². The van der Waals surface area contributed by atoms with Crippen LogP contribution in [0.4, 0.5) is 0 Å². The molecule has 15 aromatic rings. The molecule has 0 aliphatic heterocycles. The number of benzene rings is 10. The van der Waals surface area contributed by atoms with Gasteiger partial charge in [0, 0.05) is 101 Å². The van der Waals surface area contributed by atoms with E-state index in [1.165, 1.54) is 101 Å². The molecule has 10 aromatic carbocycles. The van der Waals surface area contributed by atoms with E-state index in [1.54, 1.807) is 0 Å². The van der Waals surface area contributed by atoms with Crippen molar-refractivity contribution in [3.05, 3.63) is 243 Å². The first-order valence-corrected chi connectivity index (χ1v) is 25.6. The Kier molecular flexibility index (Phi) is 13.0. The quantitative estimate of drug-likeness (QED) is 0.142. The predicted molar refractivity (Wildman–Crippen MR) is 303 cm³/mol. The highest BCUT2D eigenvalue weighted by Gasteiger charge is 2.05. The van der Waals surface area contributed by atoms with Crippen LogP contribution in [0.25, 0.3) is 101 Å². The summed E-state index contributed by atoms with van der Waals surface area (Å²) in [5.41, 5.74) is 0. The summed E-state index contributed by atoms with van der Waals surface area (Å²) in [4.78, 5) is 0. The molecule has 0 aliphatic rings. The maximum atomic E-state index is 2.19. The summed E-state index contributed by atoms with van der Waals surface area (Å²) in [7, 11) is 0. The van der Waals surface area contributed by atoms with Gasteiger partial charge in [0.15, 0.2) is 0 Å². The smallest absolute Gasteiger partial charge is 0.0355 e. The highest BCUT2D eigenvalue weighted by molar-refractivity contribution is 7.27. The molecule has 0 bridgehead atoms. The molecule has 0 aliphatic carbocycles. The Bertz CT molecular complexity index is 3180. The van der Waals surface area contributed by atoms with Crippen LogP contribution in [-0.2, 0) is 0 Å². The number of hydrogen-bond donors (Lipinski definition) is 0. The lowest BCUT2D eigenvalue weighted by Crippen LogP contribution is -1.62. The third-order valence-corrected chi connectivity index (χ3v) is 17.2. The van der Waals surface area contributed by atoms with Gasteiger partial charge >= 0.3 is 0 Å². The molecule has 0 saturated heterocycles. The van der Waals surface area contributed by atoms with E-state index in [9.17, 15) is 0 Å². The Labute approximate surface area is 404 Å². The van der Waals surface area contributed by atoms with Crippen molar-refractivity contribution in [3.8, 4) is 0 Å². The van der Waals surface area contributed by atoms with Crippen LogP contribution >= 0.6 is 56.7 Å². The molecule has 0 N–H and O–H groups in total. The lowest BCUT2D eigenvalue weighted by atomic mass is 10.2. The first-order chi connectivity index (χ1) is 32.2. The predicted octanol–water partition coefficient (Wildman–Crippen LogP) is 20.9. The Hall–Kier alpha value is -6.70. The molecule has 5 aromatic heterocycles. The number of fused-ring (bicyclic) bond motifs is 15. The standard InChI is InChI=1S/5C12H8S.CH4/c5*1-3-7-11-9(5-1)10-6-2-4-8-12(10)13-11;/h5*1-8H;1H4. The second-order valence-electron chi connectivity index (χ2n) is 15.5. The van der Waals surface area contributed by atoms with Gasteiger partial charge in [0.25, 0.3) is 0 Å². The van der Waals surface area contributed by atoms with Crippen LogP contribution in [0.3, 0.4) is 0 Å². The second-order valence-corrected chi connectivity index (χ2v) is 20.9. The van der Waals surface area contributed by atoms with E-state index in [0.29, 0.717) is 0 Å². The van der Waals surface area contributed by atoms with Crippen LogP contribution in [0.15, 0.2) is 243 Å². The zero-order valence-electron chi connectivity index (χ0n) is 35.1. The molecule has 66 heavy (non-hydrogen) atoms. The van der Waals surface area contributed by atoms with Gasteiger partial charge in [-0.15, -0.1) is 56.7 Å². The van der Waals surface area contributed by atoms with Crippen molar-refractivity contribution in [1.82, 2.24) is 0 Å². The van der Waals surface area contributed by atoms with Gasteiger partial charge in [0.05, 0.1) is 0 Å². The van der Waals surface area contributed by atoms with Crippen LogP contribution < -0.4 is 0 Å². The van der Waals surface area contributed by atoms with Crippen LogP contribution in [0.1, 0.15) is 7.43 Å². The number of rotatable bonds is 0. The SMILES string of the molecule is C.c1ccc2c(c1)sc1ccccc12.c1ccc2c(c1)sc1ccccc12.c1ccc2c(c1)sc1ccccc12.c1ccc2c(c1)sc1ccccc12.c1ccc2c(c1)sc1ccccc12. The minimum absolute atomic E-state index is 0. The monoisotopic (exact) mass is 936 g/mol. The Morgan fingerprint density at radius 3 is 0.333 bits per heavy atom. The average Bonchev–Trinajstić information content (AvgIpc) is 4.21. The van der Waals surface area contributed by atoms with Crippen molar-refractivity contribution < 1.29 is 0 Å². The van der Waals surface area contributed by atoms with E-state index < -0.39 is 0 Å². The van der Waals surface area contributed by atoms with E-state index in [1.807, 2.05) is 56.7 Å². The molecule has 318 valence electrons. The van der Waals surface area contributed by atoms with Gasteiger partial charge in [-0.05, 0) is 60.7 Å². The minimum atomic E-state index is 0. The van der Waals surface area contributed by atoms with Crippen molar-refractivity contribution in [1.29, 1.82) is 0 Å². The largest absolute Gasteiger partial charge is 0.135 e. The molecule has 0 nitrogen and oxygen atoms in total. The summed E-state index contributed by atoms with van der Waals surface area (Å²) >= 11 is 9.31. The topological polar surface area (TPSA) is 0 Å². The van der Waals surface area contributed by atoms with E-state index in [-0.39, 0.29) is 7.43 Å². The van der Waals surface area contributed by atoms with Crippen molar-refractivity contribution >= 4 is 158 Å². The van der Waals surface area contributed by atoms with Gasteiger partial charge in [-0.1, -0.05) is 189 Å². The molecule has 0 saturated carbocycles. The number of thiophene rings is 5. The molecule has 0 spiro atoms. The van der Waals surface area contributed by atoms with Crippen molar-refractivity contribution in [3.63, 3.8) is 0 Å². The minimum Gasteiger partial charge on any atom is -0.135 e. The van der Waals surface area contributed by atoms with Crippen molar-refractivity contribution in [2.75, 3.05) is 0 Å². The summed E-state index contributed by atoms with van der Waals surface area (Å²) in [5.74, 6) is 0. The van der Waals surface area contributed by atoms with Gasteiger partial charge in [-0.2, -0.15) is 0 Å². The normalized spacial score (nSPS) is 10.9. The van der Waals surface area contributed by atoms with E-state index in [2.05, 4.69) is 243 Å². The Morgan fingerprint density at radius 2 is 0.227 bits per heavy atom. The number of hydrogen-bond acceptors (Lipinski definition) is 5. The maximum Gasteiger partial charge on any atom is 0.0355 e. The molecular weight excluding hydrogens is 893 g/mol. The highest BCUT2D eigenvalue weighted by atomic mass is 32.1.